The van der Waals surface area contributed by atoms with Crippen LogP contribution in [0.25, 0.3) is 0 Å². The number of aromatic hydroxyl groups is 1. The van der Waals surface area contributed by atoms with E-state index in [4.69, 9.17) is 18.6 Å². The van der Waals surface area contributed by atoms with Gasteiger partial charge in [-0.05, 0) is 34.4 Å². The molecule has 1 aromatic carbocycles. The van der Waals surface area contributed by atoms with Gasteiger partial charge in [0.25, 0.3) is 0 Å². The van der Waals surface area contributed by atoms with Crippen molar-refractivity contribution in [3.63, 3.8) is 0 Å². The fraction of sp³-hybridized carbons (Fsp3) is 0.600. The minimum atomic E-state index is -0.556. The van der Waals surface area contributed by atoms with E-state index in [2.05, 4.69) is 53.7 Å². The van der Waals surface area contributed by atoms with E-state index in [1.54, 1.807) is 0 Å². The minimum absolute atomic E-state index is 0.0178. The molecule has 19 heavy (non-hydrogen) atoms. The topological polar surface area (TPSA) is 20.2 Å². The van der Waals surface area contributed by atoms with E-state index in [1.807, 2.05) is 6.92 Å². The third-order valence-electron chi connectivity index (χ3n) is 2.97. The second-order valence-electron chi connectivity index (χ2n) is 6.76. The summed E-state index contributed by atoms with van der Waals surface area (Å²) in [4.78, 5) is 0. The van der Waals surface area contributed by atoms with Gasteiger partial charge in [-0.1, -0.05) is 53.7 Å². The molecule has 1 aromatic rings. The van der Waals surface area contributed by atoms with Crippen LogP contribution in [0.4, 0.5) is 0 Å². The number of hydrogen-bond donors (Lipinski definition) is 1. The van der Waals surface area contributed by atoms with Gasteiger partial charge in [-0.3, -0.25) is 0 Å². The first-order valence-corrected chi connectivity index (χ1v) is 10.6. The standard InChI is InChI=1S/C15H24O.2ClH.Ti/c1-10-8-11(14(2,3)4)9-12(13(10)16)15(5,6)7;;;/h8-9,16H,1-7H3;2*1H;/q;;;+2/p-2. The number of halogens is 2. The Labute approximate surface area is 134 Å². The first kappa shape index (κ1) is 19.3. The van der Waals surface area contributed by atoms with Crippen molar-refractivity contribution in [1.29, 1.82) is 0 Å². The van der Waals surface area contributed by atoms with Crippen LogP contribution in [0.2, 0.25) is 0 Å². The van der Waals surface area contributed by atoms with Crippen molar-refractivity contribution in [2.24, 2.45) is 0 Å². The summed E-state index contributed by atoms with van der Waals surface area (Å²) in [7, 11) is 9.78. The number of phenolic OH excluding ortho intramolecular Hbond substituents is 1. The Morgan fingerprint density at radius 2 is 1.37 bits per heavy atom. The van der Waals surface area contributed by atoms with E-state index in [0.29, 0.717) is 5.75 Å². The van der Waals surface area contributed by atoms with Crippen molar-refractivity contribution >= 4 is 18.6 Å². The van der Waals surface area contributed by atoms with Crippen LogP contribution < -0.4 is 0 Å². The molecular formula is C15H24Cl2OTi. The zero-order chi connectivity index (χ0) is 15.4. The Kier molecular flexibility index (Phi) is 7.48. The van der Waals surface area contributed by atoms with Crippen molar-refractivity contribution in [2.45, 2.75) is 59.3 Å². The molecule has 0 heterocycles. The van der Waals surface area contributed by atoms with Gasteiger partial charge >= 0.3 is 35.6 Å². The molecule has 108 valence electrons. The van der Waals surface area contributed by atoms with Crippen LogP contribution in [0, 0.1) is 6.92 Å². The molecule has 1 nitrogen and oxygen atoms in total. The van der Waals surface area contributed by atoms with Gasteiger partial charge in [0.1, 0.15) is 5.75 Å². The SMILES string of the molecule is Cc1cc(C(C)(C)C)cc(C(C)(C)C)c1O.[Cl][Ti][Cl]. The van der Waals surface area contributed by atoms with Gasteiger partial charge < -0.3 is 5.11 Å². The van der Waals surface area contributed by atoms with Crippen molar-refractivity contribution in [1.82, 2.24) is 0 Å². The van der Waals surface area contributed by atoms with Crippen LogP contribution in [-0.2, 0) is 27.9 Å². The maximum atomic E-state index is 10.1. The quantitative estimate of drug-likeness (QED) is 0.604. The van der Waals surface area contributed by atoms with E-state index in [1.165, 1.54) is 5.56 Å². The Bertz CT molecular complexity index is 417. The van der Waals surface area contributed by atoms with E-state index < -0.39 is 17.0 Å². The van der Waals surface area contributed by atoms with E-state index in [9.17, 15) is 5.11 Å². The Hall–Kier alpha value is 0.314. The molecule has 0 saturated carbocycles. The first-order chi connectivity index (χ1) is 8.45. The summed E-state index contributed by atoms with van der Waals surface area (Å²) in [5.41, 5.74) is 3.40. The van der Waals surface area contributed by atoms with E-state index in [0.717, 1.165) is 11.1 Å². The Morgan fingerprint density at radius 1 is 0.947 bits per heavy atom. The number of hydrogen-bond acceptors (Lipinski definition) is 1. The number of rotatable bonds is 0. The molecule has 0 amide bonds. The molecular weight excluding hydrogens is 315 g/mol. The predicted molar refractivity (Wildman–Crippen MR) is 81.9 cm³/mol. The fourth-order valence-electron chi connectivity index (χ4n) is 1.78. The molecule has 0 atom stereocenters. The van der Waals surface area contributed by atoms with Crippen molar-refractivity contribution in [3.8, 4) is 5.75 Å². The summed E-state index contributed by atoms with van der Waals surface area (Å²) in [5, 5.41) is 10.1. The summed E-state index contributed by atoms with van der Waals surface area (Å²) >= 11 is -0.556. The molecule has 0 aliphatic heterocycles. The second-order valence-corrected chi connectivity index (χ2v) is 9.34. The molecule has 0 aromatic heterocycles. The second kappa shape index (κ2) is 7.36. The molecule has 0 radical (unpaired) electrons. The molecule has 1 N–H and O–H groups in total. The van der Waals surface area contributed by atoms with Gasteiger partial charge in [-0.2, -0.15) is 0 Å². The molecule has 4 heteroatoms. The summed E-state index contributed by atoms with van der Waals surface area (Å²) in [5.74, 6) is 0.445. The molecule has 0 saturated heterocycles. The van der Waals surface area contributed by atoms with Gasteiger partial charge in [0, 0.05) is 0 Å². The summed E-state index contributed by atoms with van der Waals surface area (Å²) in [6.45, 7) is 15.0. The average Bonchev–Trinajstić information content (AvgIpc) is 2.19. The monoisotopic (exact) mass is 338 g/mol. The number of benzene rings is 1. The average molecular weight is 339 g/mol. The number of phenols is 1. The molecule has 1 rings (SSSR count). The van der Waals surface area contributed by atoms with Gasteiger partial charge in [-0.15, -0.1) is 0 Å². The normalized spacial score (nSPS) is 11.6. The van der Waals surface area contributed by atoms with Gasteiger partial charge in [0.15, 0.2) is 0 Å². The molecule has 0 aliphatic rings. The summed E-state index contributed by atoms with van der Waals surface area (Å²) < 4.78 is 0. The predicted octanol–water partition coefficient (Wildman–Crippen LogP) is 5.67. The van der Waals surface area contributed by atoms with E-state index in [-0.39, 0.29) is 10.8 Å². The van der Waals surface area contributed by atoms with Crippen LogP contribution in [0.5, 0.6) is 5.75 Å². The summed E-state index contributed by atoms with van der Waals surface area (Å²) in [6, 6.07) is 4.23. The van der Waals surface area contributed by atoms with Crippen molar-refractivity contribution in [3.05, 3.63) is 28.8 Å². The Morgan fingerprint density at radius 3 is 1.68 bits per heavy atom. The zero-order valence-electron chi connectivity index (χ0n) is 12.9. The summed E-state index contributed by atoms with van der Waals surface area (Å²) in [6.07, 6.45) is 0. The molecule has 0 unspecified atom stereocenters. The third kappa shape index (κ3) is 6.08. The van der Waals surface area contributed by atoms with E-state index >= 15 is 0 Å². The van der Waals surface area contributed by atoms with Crippen molar-refractivity contribution < 1.29 is 22.1 Å². The zero-order valence-corrected chi connectivity index (χ0v) is 15.9. The Balaban J connectivity index is 0.000000982. The van der Waals surface area contributed by atoms with Crippen LogP contribution in [0.1, 0.15) is 58.2 Å². The molecule has 0 fully saturated rings. The van der Waals surface area contributed by atoms with Gasteiger partial charge in [0.05, 0.1) is 0 Å². The van der Waals surface area contributed by atoms with Crippen LogP contribution in [0.15, 0.2) is 12.1 Å². The van der Waals surface area contributed by atoms with Gasteiger partial charge in [0.2, 0.25) is 0 Å². The first-order valence-electron chi connectivity index (χ1n) is 6.26. The van der Waals surface area contributed by atoms with Crippen LogP contribution in [-0.4, -0.2) is 5.11 Å². The van der Waals surface area contributed by atoms with Crippen molar-refractivity contribution in [2.75, 3.05) is 0 Å². The molecule has 0 bridgehead atoms. The van der Waals surface area contributed by atoms with Crippen LogP contribution in [0.3, 0.4) is 0 Å². The maximum absolute atomic E-state index is 10.1. The molecule has 0 aliphatic carbocycles. The number of aryl methyl sites for hydroxylation is 1. The fourth-order valence-corrected chi connectivity index (χ4v) is 1.78. The molecule has 0 spiro atoms. The van der Waals surface area contributed by atoms with Crippen LogP contribution >= 0.6 is 18.6 Å². The third-order valence-corrected chi connectivity index (χ3v) is 2.97. The van der Waals surface area contributed by atoms with Gasteiger partial charge in [-0.25, -0.2) is 0 Å².